The molecule has 1 spiro atoms. The maximum absolute atomic E-state index is 14.1. The molecule has 2 saturated heterocycles. The van der Waals surface area contributed by atoms with Gasteiger partial charge in [0.1, 0.15) is 5.60 Å². The molecular weight excluding hydrogens is 552 g/mol. The molecule has 0 unspecified atom stereocenters. The van der Waals surface area contributed by atoms with Crippen LogP contribution in [0.2, 0.25) is 5.02 Å². The topological polar surface area (TPSA) is 82.2 Å². The van der Waals surface area contributed by atoms with Crippen molar-refractivity contribution in [2.24, 2.45) is 0 Å². The van der Waals surface area contributed by atoms with Crippen LogP contribution in [0.15, 0.2) is 66.7 Å². The molecule has 218 valence electrons. The highest BCUT2D eigenvalue weighted by Gasteiger charge is 2.53. The summed E-state index contributed by atoms with van der Waals surface area (Å²) < 4.78 is 5.99. The standard InChI is InChI=1S/C33H35ClN4O4/c1-22-5-9-24(10-6-22)33(25-11-7-23(2)8-12-25)29(39)38(30(40)35-33)18-4-17-37-19-15-32(16-20-37)27-21-26(34)13-14-28(27)36(3)31(41)42-32/h5-14,21H,4,15-20H2,1-3H3,(H,35,40). The third kappa shape index (κ3) is 4.72. The van der Waals surface area contributed by atoms with Gasteiger partial charge in [-0.25, -0.2) is 9.59 Å². The first-order valence-corrected chi connectivity index (χ1v) is 14.8. The first-order chi connectivity index (χ1) is 20.1. The summed E-state index contributed by atoms with van der Waals surface area (Å²) in [6.07, 6.45) is 1.57. The highest BCUT2D eigenvalue weighted by molar-refractivity contribution is 6.30. The molecule has 4 amide bonds. The lowest BCUT2D eigenvalue weighted by molar-refractivity contribution is -0.130. The zero-order valence-corrected chi connectivity index (χ0v) is 24.9. The lowest BCUT2D eigenvalue weighted by atomic mass is 9.82. The Kier molecular flexibility index (Phi) is 7.23. The molecule has 6 rings (SSSR count). The Labute approximate surface area is 251 Å². The SMILES string of the molecule is Cc1ccc(C2(c3ccc(C)cc3)NC(=O)N(CCCN3CCC4(CC3)OC(=O)N(C)c3ccc(Cl)cc34)C2=O)cc1. The average Bonchev–Trinajstić information content (AvgIpc) is 3.23. The first-order valence-electron chi connectivity index (χ1n) is 14.4. The van der Waals surface area contributed by atoms with Crippen molar-refractivity contribution in [3.8, 4) is 0 Å². The van der Waals surface area contributed by atoms with Crippen molar-refractivity contribution >= 4 is 35.3 Å². The van der Waals surface area contributed by atoms with Crippen molar-refractivity contribution in [3.63, 3.8) is 0 Å². The van der Waals surface area contributed by atoms with Crippen molar-refractivity contribution in [3.05, 3.63) is 99.6 Å². The van der Waals surface area contributed by atoms with Crippen molar-refractivity contribution in [1.29, 1.82) is 0 Å². The number of fused-ring (bicyclic) bond motifs is 2. The molecule has 0 aromatic heterocycles. The van der Waals surface area contributed by atoms with Gasteiger partial charge in [0.25, 0.3) is 5.91 Å². The molecule has 2 fully saturated rings. The highest BCUT2D eigenvalue weighted by Crippen LogP contribution is 2.46. The van der Waals surface area contributed by atoms with E-state index in [0.29, 0.717) is 37.4 Å². The summed E-state index contributed by atoms with van der Waals surface area (Å²) >= 11 is 6.32. The number of urea groups is 1. The van der Waals surface area contributed by atoms with Crippen LogP contribution in [-0.4, -0.2) is 61.1 Å². The van der Waals surface area contributed by atoms with Gasteiger partial charge in [0.15, 0.2) is 5.54 Å². The monoisotopic (exact) mass is 586 g/mol. The fraction of sp³-hybridized carbons (Fsp3) is 0.364. The van der Waals surface area contributed by atoms with E-state index < -0.39 is 11.1 Å². The number of imide groups is 1. The highest BCUT2D eigenvalue weighted by atomic mass is 35.5. The minimum atomic E-state index is -1.26. The predicted octanol–water partition coefficient (Wildman–Crippen LogP) is 5.72. The number of carbonyl (C=O) groups is 3. The van der Waals surface area contributed by atoms with E-state index in [0.717, 1.165) is 46.6 Å². The quantitative estimate of drug-likeness (QED) is 0.374. The molecule has 0 bridgehead atoms. The van der Waals surface area contributed by atoms with Gasteiger partial charge < -0.3 is 15.0 Å². The van der Waals surface area contributed by atoms with Crippen molar-refractivity contribution in [1.82, 2.24) is 15.1 Å². The second-order valence-corrected chi connectivity index (χ2v) is 12.1. The van der Waals surface area contributed by atoms with Crippen LogP contribution in [0.3, 0.4) is 0 Å². The molecule has 3 aliphatic heterocycles. The second kappa shape index (κ2) is 10.7. The number of piperidine rings is 1. The second-order valence-electron chi connectivity index (χ2n) is 11.6. The molecule has 3 aliphatic rings. The summed E-state index contributed by atoms with van der Waals surface area (Å²) in [5, 5.41) is 3.66. The Balaban J connectivity index is 1.14. The van der Waals surface area contributed by atoms with E-state index in [1.54, 1.807) is 13.1 Å². The van der Waals surface area contributed by atoms with Gasteiger partial charge in [-0.3, -0.25) is 14.6 Å². The molecule has 0 radical (unpaired) electrons. The van der Waals surface area contributed by atoms with Crippen LogP contribution < -0.4 is 10.2 Å². The number of anilines is 1. The zero-order valence-electron chi connectivity index (χ0n) is 24.2. The smallest absolute Gasteiger partial charge is 0.414 e. The van der Waals surface area contributed by atoms with Crippen LogP contribution in [0, 0.1) is 13.8 Å². The van der Waals surface area contributed by atoms with Crippen molar-refractivity contribution in [2.75, 3.05) is 38.1 Å². The average molecular weight is 587 g/mol. The maximum atomic E-state index is 14.1. The fourth-order valence-corrected chi connectivity index (χ4v) is 6.63. The number of aryl methyl sites for hydroxylation is 2. The molecule has 1 N–H and O–H groups in total. The van der Waals surface area contributed by atoms with Gasteiger partial charge in [0.2, 0.25) is 0 Å². The lowest BCUT2D eigenvalue weighted by Gasteiger charge is -2.46. The number of amides is 4. The molecule has 0 aliphatic carbocycles. The van der Waals surface area contributed by atoms with Crippen LogP contribution in [-0.2, 0) is 20.7 Å². The van der Waals surface area contributed by atoms with E-state index in [9.17, 15) is 14.4 Å². The maximum Gasteiger partial charge on any atom is 0.414 e. The summed E-state index contributed by atoms with van der Waals surface area (Å²) in [4.78, 5) is 45.2. The zero-order chi connectivity index (χ0) is 29.6. The number of carbonyl (C=O) groups excluding carboxylic acids is 3. The third-order valence-corrected chi connectivity index (χ3v) is 9.20. The van der Waals surface area contributed by atoms with Gasteiger partial charge in [0.05, 0.1) is 5.69 Å². The predicted molar refractivity (Wildman–Crippen MR) is 162 cm³/mol. The number of rotatable bonds is 6. The van der Waals surface area contributed by atoms with Crippen LogP contribution in [0.25, 0.3) is 0 Å². The summed E-state index contributed by atoms with van der Waals surface area (Å²) in [5.74, 6) is -0.260. The number of hydrogen-bond acceptors (Lipinski definition) is 5. The number of likely N-dealkylation sites (tertiary alicyclic amines) is 1. The number of hydrogen-bond donors (Lipinski definition) is 1. The molecule has 0 atom stereocenters. The van der Waals surface area contributed by atoms with E-state index in [2.05, 4.69) is 10.2 Å². The Morgan fingerprint density at radius 1 is 0.857 bits per heavy atom. The molecule has 3 heterocycles. The lowest BCUT2D eigenvalue weighted by Crippen LogP contribution is -2.51. The Morgan fingerprint density at radius 2 is 1.45 bits per heavy atom. The number of nitrogens with one attached hydrogen (secondary N) is 1. The fourth-order valence-electron chi connectivity index (χ4n) is 6.46. The summed E-state index contributed by atoms with van der Waals surface area (Å²) in [5.41, 5.74) is 3.45. The Morgan fingerprint density at radius 3 is 2.05 bits per heavy atom. The van der Waals surface area contributed by atoms with E-state index >= 15 is 0 Å². The van der Waals surface area contributed by atoms with Gasteiger partial charge in [-0.05, 0) is 56.1 Å². The van der Waals surface area contributed by atoms with Crippen LogP contribution in [0.1, 0.15) is 47.1 Å². The third-order valence-electron chi connectivity index (χ3n) is 8.96. The summed E-state index contributed by atoms with van der Waals surface area (Å²) in [6, 6.07) is 20.7. The molecule has 9 heteroatoms. The van der Waals surface area contributed by atoms with Crippen LogP contribution in [0.4, 0.5) is 15.3 Å². The van der Waals surface area contributed by atoms with Gasteiger partial charge in [-0.1, -0.05) is 71.3 Å². The van der Waals surface area contributed by atoms with Crippen molar-refractivity contribution in [2.45, 2.75) is 44.2 Å². The van der Waals surface area contributed by atoms with Gasteiger partial charge in [-0.2, -0.15) is 0 Å². The minimum Gasteiger partial charge on any atom is -0.437 e. The minimum absolute atomic E-state index is 0.260. The number of benzene rings is 3. The Hall–Kier alpha value is -3.88. The first kappa shape index (κ1) is 28.2. The van der Waals surface area contributed by atoms with Gasteiger partial charge in [-0.15, -0.1) is 0 Å². The van der Waals surface area contributed by atoms with Crippen LogP contribution in [0.5, 0.6) is 0 Å². The number of halogens is 1. The molecular formula is C33H35ClN4O4. The van der Waals surface area contributed by atoms with Gasteiger partial charge >= 0.3 is 12.1 Å². The summed E-state index contributed by atoms with van der Waals surface area (Å²) in [6.45, 7) is 6.46. The largest absolute Gasteiger partial charge is 0.437 e. The molecule has 3 aromatic rings. The number of ether oxygens (including phenoxy) is 1. The summed E-state index contributed by atoms with van der Waals surface area (Å²) in [7, 11) is 1.71. The molecule has 8 nitrogen and oxygen atoms in total. The molecule has 3 aromatic carbocycles. The number of nitrogens with zero attached hydrogens (tertiary/aromatic N) is 3. The Bertz CT molecular complexity index is 1490. The normalized spacial score (nSPS) is 19.6. The van der Waals surface area contributed by atoms with E-state index in [1.165, 1.54) is 9.80 Å². The molecule has 42 heavy (non-hydrogen) atoms. The van der Waals surface area contributed by atoms with Crippen LogP contribution >= 0.6 is 11.6 Å². The van der Waals surface area contributed by atoms with E-state index in [4.69, 9.17) is 16.3 Å². The van der Waals surface area contributed by atoms with E-state index in [-0.39, 0.29) is 18.0 Å². The van der Waals surface area contributed by atoms with Crippen molar-refractivity contribution < 1.29 is 19.1 Å². The van der Waals surface area contributed by atoms with E-state index in [1.807, 2.05) is 74.5 Å². The molecule has 0 saturated carbocycles. The van der Waals surface area contributed by atoms with Gasteiger partial charge in [0, 0.05) is 50.1 Å².